The first-order valence-electron chi connectivity index (χ1n) is 15.8. The average molecular weight is 568 g/mol. The van der Waals surface area contributed by atoms with E-state index in [-0.39, 0.29) is 0 Å². The molecule has 0 amide bonds. The van der Waals surface area contributed by atoms with Crippen LogP contribution in [0.1, 0.15) is 56.2 Å². The molecule has 0 saturated carbocycles. The molecule has 1 N–H and O–H groups in total. The third kappa shape index (κ3) is 7.67. The van der Waals surface area contributed by atoms with E-state index in [1.807, 2.05) is 0 Å². The van der Waals surface area contributed by atoms with E-state index >= 15 is 0 Å². The SMILES string of the molecule is CCCCNc1ccc(N(c2ccc(CCCC)cc2)c2ccc(N(c3ccc(C)cc3)c3ccc(C)cc3)cc2)cc1. The standard InChI is InChI=1S/C40H45N3/c1-5-7-9-33-14-22-37(23-15-33)43(38-24-16-34(17-25-38)41-30-8-6-2)40-28-26-39(27-29-40)42(35-18-10-31(3)11-19-35)36-20-12-32(4)13-21-36/h10-29,41H,5-9,30H2,1-4H3. The maximum Gasteiger partial charge on any atom is 0.0463 e. The van der Waals surface area contributed by atoms with E-state index in [0.29, 0.717) is 0 Å². The molecule has 5 aromatic carbocycles. The van der Waals surface area contributed by atoms with Crippen molar-refractivity contribution in [3.8, 4) is 0 Å². The lowest BCUT2D eigenvalue weighted by atomic mass is 10.1. The second kappa shape index (κ2) is 14.6. The summed E-state index contributed by atoms with van der Waals surface area (Å²) in [6.07, 6.45) is 5.91. The molecule has 0 aliphatic heterocycles. The molecule has 0 spiro atoms. The molecular weight excluding hydrogens is 522 g/mol. The molecule has 0 unspecified atom stereocenters. The van der Waals surface area contributed by atoms with Crippen LogP contribution in [-0.2, 0) is 6.42 Å². The van der Waals surface area contributed by atoms with Gasteiger partial charge in [-0.3, -0.25) is 0 Å². The normalized spacial score (nSPS) is 10.9. The van der Waals surface area contributed by atoms with Gasteiger partial charge in [0.2, 0.25) is 0 Å². The van der Waals surface area contributed by atoms with Gasteiger partial charge in [-0.15, -0.1) is 0 Å². The Morgan fingerprint density at radius 3 is 1.19 bits per heavy atom. The molecule has 3 heteroatoms. The second-order valence-corrected chi connectivity index (χ2v) is 11.5. The summed E-state index contributed by atoms with van der Waals surface area (Å²) in [6, 6.07) is 44.4. The quantitative estimate of drug-likeness (QED) is 0.143. The Morgan fingerprint density at radius 1 is 0.442 bits per heavy atom. The van der Waals surface area contributed by atoms with E-state index in [0.717, 1.165) is 52.8 Å². The summed E-state index contributed by atoms with van der Waals surface area (Å²) in [7, 11) is 0. The zero-order chi connectivity index (χ0) is 30.0. The van der Waals surface area contributed by atoms with Crippen LogP contribution in [0.2, 0.25) is 0 Å². The highest BCUT2D eigenvalue weighted by molar-refractivity contribution is 5.81. The molecular formula is C40H45N3. The molecule has 0 aromatic heterocycles. The Hall–Kier alpha value is -4.50. The number of rotatable bonds is 13. The van der Waals surface area contributed by atoms with Crippen LogP contribution in [-0.4, -0.2) is 6.54 Å². The van der Waals surface area contributed by atoms with Gasteiger partial charge in [0.1, 0.15) is 0 Å². The van der Waals surface area contributed by atoms with Crippen molar-refractivity contribution in [3.63, 3.8) is 0 Å². The summed E-state index contributed by atoms with van der Waals surface area (Å²) in [6.45, 7) is 9.74. The fraction of sp³-hybridized carbons (Fsp3) is 0.250. The highest BCUT2D eigenvalue weighted by atomic mass is 15.2. The minimum absolute atomic E-state index is 0.999. The topological polar surface area (TPSA) is 18.5 Å². The minimum Gasteiger partial charge on any atom is -0.385 e. The van der Waals surface area contributed by atoms with Crippen LogP contribution < -0.4 is 15.1 Å². The number of anilines is 7. The van der Waals surface area contributed by atoms with Crippen LogP contribution in [0.15, 0.2) is 121 Å². The summed E-state index contributed by atoms with van der Waals surface area (Å²) in [4.78, 5) is 4.68. The number of nitrogens with zero attached hydrogens (tertiary/aromatic N) is 2. The second-order valence-electron chi connectivity index (χ2n) is 11.5. The predicted octanol–water partition coefficient (Wildman–Crippen LogP) is 11.8. The maximum absolute atomic E-state index is 3.55. The number of benzene rings is 5. The first kappa shape index (κ1) is 30.0. The first-order valence-corrected chi connectivity index (χ1v) is 15.8. The van der Waals surface area contributed by atoms with Crippen LogP contribution in [0.25, 0.3) is 0 Å². The lowest BCUT2D eigenvalue weighted by Gasteiger charge is -2.28. The van der Waals surface area contributed by atoms with E-state index in [4.69, 9.17) is 0 Å². The van der Waals surface area contributed by atoms with Crippen molar-refractivity contribution in [3.05, 3.63) is 138 Å². The van der Waals surface area contributed by atoms with Crippen molar-refractivity contribution in [1.29, 1.82) is 0 Å². The molecule has 0 bridgehead atoms. The van der Waals surface area contributed by atoms with Crippen molar-refractivity contribution >= 4 is 39.8 Å². The smallest absolute Gasteiger partial charge is 0.0463 e. The van der Waals surface area contributed by atoms with Crippen molar-refractivity contribution in [1.82, 2.24) is 0 Å². The van der Waals surface area contributed by atoms with Crippen molar-refractivity contribution < 1.29 is 0 Å². The first-order chi connectivity index (χ1) is 21.1. The van der Waals surface area contributed by atoms with Gasteiger partial charge in [0.05, 0.1) is 0 Å². The van der Waals surface area contributed by atoms with Gasteiger partial charge in [-0.2, -0.15) is 0 Å². The van der Waals surface area contributed by atoms with Crippen LogP contribution in [0.4, 0.5) is 39.8 Å². The van der Waals surface area contributed by atoms with Gasteiger partial charge >= 0.3 is 0 Å². The summed E-state index contributed by atoms with van der Waals surface area (Å²) in [5.74, 6) is 0. The average Bonchev–Trinajstić information content (AvgIpc) is 3.04. The number of aryl methyl sites for hydroxylation is 3. The molecule has 0 radical (unpaired) electrons. The van der Waals surface area contributed by atoms with Crippen molar-refractivity contribution in [2.75, 3.05) is 21.7 Å². The number of nitrogens with one attached hydrogen (secondary N) is 1. The van der Waals surface area contributed by atoms with E-state index in [2.05, 4.69) is 164 Å². The fourth-order valence-corrected chi connectivity index (χ4v) is 5.36. The van der Waals surface area contributed by atoms with Gasteiger partial charge in [0.25, 0.3) is 0 Å². The maximum atomic E-state index is 3.55. The van der Waals surface area contributed by atoms with Gasteiger partial charge in [-0.05, 0) is 124 Å². The lowest BCUT2D eigenvalue weighted by Crippen LogP contribution is -2.12. The molecule has 5 rings (SSSR count). The molecule has 0 aliphatic carbocycles. The van der Waals surface area contributed by atoms with Gasteiger partial charge < -0.3 is 15.1 Å². The van der Waals surface area contributed by atoms with Gasteiger partial charge in [-0.1, -0.05) is 74.2 Å². The molecule has 43 heavy (non-hydrogen) atoms. The van der Waals surface area contributed by atoms with Gasteiger partial charge in [0, 0.05) is 46.4 Å². The fourth-order valence-electron chi connectivity index (χ4n) is 5.36. The van der Waals surface area contributed by atoms with Crippen LogP contribution >= 0.6 is 0 Å². The molecule has 0 aliphatic rings. The predicted molar refractivity (Wildman–Crippen MR) is 187 cm³/mol. The molecule has 0 fully saturated rings. The molecule has 0 atom stereocenters. The highest BCUT2D eigenvalue weighted by Crippen LogP contribution is 2.39. The molecule has 220 valence electrons. The molecule has 0 saturated heterocycles. The van der Waals surface area contributed by atoms with E-state index in [1.54, 1.807) is 0 Å². The lowest BCUT2D eigenvalue weighted by molar-refractivity contribution is 0.795. The summed E-state index contributed by atoms with van der Waals surface area (Å²) in [5.41, 5.74) is 11.9. The molecule has 3 nitrogen and oxygen atoms in total. The highest BCUT2D eigenvalue weighted by Gasteiger charge is 2.16. The third-order valence-electron chi connectivity index (χ3n) is 7.95. The van der Waals surface area contributed by atoms with E-state index < -0.39 is 0 Å². The van der Waals surface area contributed by atoms with Crippen LogP contribution in [0, 0.1) is 13.8 Å². The number of unbranched alkanes of at least 4 members (excludes halogenated alkanes) is 2. The Balaban J connectivity index is 1.50. The van der Waals surface area contributed by atoms with E-state index in [1.165, 1.54) is 42.4 Å². The zero-order valence-corrected chi connectivity index (χ0v) is 26.2. The zero-order valence-electron chi connectivity index (χ0n) is 26.2. The van der Waals surface area contributed by atoms with Gasteiger partial charge in [0.15, 0.2) is 0 Å². The Kier molecular flexibility index (Phi) is 10.2. The Bertz CT molecular complexity index is 1490. The van der Waals surface area contributed by atoms with Crippen molar-refractivity contribution in [2.45, 2.75) is 59.8 Å². The van der Waals surface area contributed by atoms with Gasteiger partial charge in [-0.25, -0.2) is 0 Å². The van der Waals surface area contributed by atoms with E-state index in [9.17, 15) is 0 Å². The number of hydrogen-bond donors (Lipinski definition) is 1. The molecule has 0 heterocycles. The Labute approximate surface area is 258 Å². The monoisotopic (exact) mass is 567 g/mol. The largest absolute Gasteiger partial charge is 0.385 e. The third-order valence-corrected chi connectivity index (χ3v) is 7.95. The summed E-state index contributed by atoms with van der Waals surface area (Å²) < 4.78 is 0. The minimum atomic E-state index is 0.999. The Morgan fingerprint density at radius 2 is 0.791 bits per heavy atom. The summed E-state index contributed by atoms with van der Waals surface area (Å²) in [5, 5.41) is 3.55. The number of hydrogen-bond acceptors (Lipinski definition) is 3. The summed E-state index contributed by atoms with van der Waals surface area (Å²) >= 11 is 0. The van der Waals surface area contributed by atoms with Crippen LogP contribution in [0.5, 0.6) is 0 Å². The van der Waals surface area contributed by atoms with Crippen molar-refractivity contribution in [2.24, 2.45) is 0 Å². The molecule has 5 aromatic rings. The van der Waals surface area contributed by atoms with Crippen LogP contribution in [0.3, 0.4) is 0 Å².